The van der Waals surface area contributed by atoms with E-state index in [4.69, 9.17) is 14.9 Å². The number of hydrogen-bond acceptors (Lipinski definition) is 6. The Morgan fingerprint density at radius 3 is 2.57 bits per heavy atom. The van der Waals surface area contributed by atoms with Gasteiger partial charge in [-0.15, -0.1) is 0 Å². The summed E-state index contributed by atoms with van der Waals surface area (Å²) in [6.07, 6.45) is 1.09. The molecule has 0 saturated carbocycles. The number of anilines is 1. The molecule has 30 heavy (non-hydrogen) atoms. The molecule has 0 spiro atoms. The minimum Gasteiger partial charge on any atom is -0.480 e. The van der Waals surface area contributed by atoms with Gasteiger partial charge in [0, 0.05) is 30.8 Å². The van der Waals surface area contributed by atoms with Crippen LogP contribution in [0.2, 0.25) is 0 Å². The number of urea groups is 1. The molecule has 8 nitrogen and oxygen atoms in total. The van der Waals surface area contributed by atoms with Gasteiger partial charge in [-0.25, -0.2) is 23.5 Å². The highest BCUT2D eigenvalue weighted by atomic mass is 19.2. The summed E-state index contributed by atoms with van der Waals surface area (Å²) in [7, 11) is 1.43. The standard InChI is InChI=1S/C20H21F2N5O3/c1-10-3-4-17(30-10)27-6-5-11(24-20(23)28)7-16(27)18-19(29-2)26-15-9-13(22)12(21)8-14(15)25-18/h3-4,8-9,11,16H,5-7H2,1-2H3,(H3,23,24,28). The second-order valence-corrected chi connectivity index (χ2v) is 7.20. The molecule has 1 aliphatic heterocycles. The number of rotatable bonds is 4. The van der Waals surface area contributed by atoms with Gasteiger partial charge in [0.1, 0.15) is 11.5 Å². The van der Waals surface area contributed by atoms with E-state index in [2.05, 4.69) is 15.3 Å². The Kier molecular flexibility index (Phi) is 5.15. The number of methoxy groups -OCH3 is 1. The van der Waals surface area contributed by atoms with Gasteiger partial charge in [-0.2, -0.15) is 0 Å². The first-order chi connectivity index (χ1) is 14.4. The Balaban J connectivity index is 1.82. The molecule has 2 atom stereocenters. The van der Waals surface area contributed by atoms with Crippen molar-refractivity contribution < 1.29 is 22.7 Å². The van der Waals surface area contributed by atoms with Gasteiger partial charge < -0.3 is 25.1 Å². The van der Waals surface area contributed by atoms with Crippen molar-refractivity contribution in [3.05, 3.63) is 47.4 Å². The van der Waals surface area contributed by atoms with Crippen molar-refractivity contribution in [1.29, 1.82) is 0 Å². The minimum atomic E-state index is -1.01. The average molecular weight is 417 g/mol. The fraction of sp³-hybridized carbons (Fsp3) is 0.350. The number of fused-ring (bicyclic) bond motifs is 1. The zero-order valence-corrected chi connectivity index (χ0v) is 16.5. The molecule has 4 rings (SSSR count). The van der Waals surface area contributed by atoms with Gasteiger partial charge in [-0.05, 0) is 25.8 Å². The van der Waals surface area contributed by atoms with Crippen LogP contribution in [0.3, 0.4) is 0 Å². The lowest BCUT2D eigenvalue weighted by Crippen LogP contribution is -2.48. The van der Waals surface area contributed by atoms with Crippen molar-refractivity contribution in [2.24, 2.45) is 5.73 Å². The van der Waals surface area contributed by atoms with E-state index >= 15 is 0 Å². The van der Waals surface area contributed by atoms with Gasteiger partial charge in [0.05, 0.1) is 24.2 Å². The monoisotopic (exact) mass is 417 g/mol. The maximum absolute atomic E-state index is 13.8. The second-order valence-electron chi connectivity index (χ2n) is 7.20. The normalized spacial score (nSPS) is 19.1. The maximum Gasteiger partial charge on any atom is 0.312 e. The number of aryl methyl sites for hydroxylation is 1. The quantitative estimate of drug-likeness (QED) is 0.675. The maximum atomic E-state index is 13.8. The van der Waals surface area contributed by atoms with Crippen molar-refractivity contribution in [2.45, 2.75) is 31.8 Å². The molecule has 0 aliphatic carbocycles. The third kappa shape index (κ3) is 3.72. The molecule has 158 valence electrons. The van der Waals surface area contributed by atoms with Gasteiger partial charge in [0.15, 0.2) is 17.5 Å². The fourth-order valence-corrected chi connectivity index (χ4v) is 3.81. The van der Waals surface area contributed by atoms with Gasteiger partial charge in [-0.1, -0.05) is 0 Å². The number of carbonyl (C=O) groups is 1. The third-order valence-electron chi connectivity index (χ3n) is 5.17. The summed E-state index contributed by atoms with van der Waals surface area (Å²) in [5.41, 5.74) is 6.11. The van der Waals surface area contributed by atoms with Gasteiger partial charge >= 0.3 is 6.03 Å². The van der Waals surface area contributed by atoms with E-state index < -0.39 is 23.7 Å². The average Bonchev–Trinajstić information content (AvgIpc) is 3.13. The van der Waals surface area contributed by atoms with Crippen LogP contribution in [-0.4, -0.2) is 35.7 Å². The molecule has 2 aromatic heterocycles. The lowest BCUT2D eigenvalue weighted by molar-refractivity contribution is 0.239. The summed E-state index contributed by atoms with van der Waals surface area (Å²) in [6.45, 7) is 2.39. The number of halogens is 2. The zero-order chi connectivity index (χ0) is 21.4. The third-order valence-corrected chi connectivity index (χ3v) is 5.17. The number of nitrogens with zero attached hydrogens (tertiary/aromatic N) is 3. The lowest BCUT2D eigenvalue weighted by Gasteiger charge is -2.39. The Morgan fingerprint density at radius 2 is 1.97 bits per heavy atom. The van der Waals surface area contributed by atoms with E-state index in [0.717, 1.165) is 17.9 Å². The highest BCUT2D eigenvalue weighted by Crippen LogP contribution is 2.39. The number of ether oxygens (including phenoxy) is 1. The van der Waals surface area contributed by atoms with Crippen LogP contribution in [0.4, 0.5) is 19.5 Å². The molecule has 2 unspecified atom stereocenters. The van der Waals surface area contributed by atoms with Crippen LogP contribution in [-0.2, 0) is 0 Å². The molecule has 3 heterocycles. The summed E-state index contributed by atoms with van der Waals surface area (Å²) in [5.74, 6) is -0.461. The highest BCUT2D eigenvalue weighted by molar-refractivity contribution is 5.75. The smallest absolute Gasteiger partial charge is 0.312 e. The zero-order valence-electron chi connectivity index (χ0n) is 16.5. The Bertz CT molecular complexity index is 1100. The number of furan rings is 1. The topological polar surface area (TPSA) is 107 Å². The summed E-state index contributed by atoms with van der Waals surface area (Å²) < 4.78 is 38.7. The van der Waals surface area contributed by atoms with Crippen LogP contribution in [0.15, 0.2) is 28.7 Å². The Hall–Kier alpha value is -3.43. The van der Waals surface area contributed by atoms with Crippen LogP contribution in [0, 0.1) is 18.6 Å². The Labute approximate surface area is 171 Å². The molecule has 3 aromatic rings. The summed E-state index contributed by atoms with van der Waals surface area (Å²) in [5, 5.41) is 2.73. The largest absolute Gasteiger partial charge is 0.480 e. The van der Waals surface area contributed by atoms with Crippen LogP contribution in [0.1, 0.15) is 30.3 Å². The molecular weight excluding hydrogens is 396 g/mol. The summed E-state index contributed by atoms with van der Waals surface area (Å²) in [4.78, 5) is 22.2. The van der Waals surface area contributed by atoms with Crippen LogP contribution < -0.4 is 20.7 Å². The molecule has 3 N–H and O–H groups in total. The first-order valence-corrected chi connectivity index (χ1v) is 9.45. The second kappa shape index (κ2) is 7.77. The molecular formula is C20H21F2N5O3. The number of carbonyl (C=O) groups excluding carboxylic acids is 1. The van der Waals surface area contributed by atoms with E-state index in [9.17, 15) is 13.6 Å². The lowest BCUT2D eigenvalue weighted by atomic mass is 9.94. The number of aromatic nitrogens is 2. The SMILES string of the molecule is COc1nc2cc(F)c(F)cc2nc1C1CC(NC(N)=O)CCN1c1ccc(C)o1. The predicted molar refractivity (Wildman–Crippen MR) is 105 cm³/mol. The molecule has 2 amide bonds. The van der Waals surface area contributed by atoms with Crippen LogP contribution in [0.5, 0.6) is 5.88 Å². The highest BCUT2D eigenvalue weighted by Gasteiger charge is 2.35. The van der Waals surface area contributed by atoms with Crippen molar-refractivity contribution in [3.8, 4) is 5.88 Å². The van der Waals surface area contributed by atoms with Crippen molar-refractivity contribution >= 4 is 22.9 Å². The van der Waals surface area contributed by atoms with E-state index in [1.54, 1.807) is 0 Å². The van der Waals surface area contributed by atoms with Gasteiger partial charge in [0.2, 0.25) is 5.88 Å². The first-order valence-electron chi connectivity index (χ1n) is 9.45. The van der Waals surface area contributed by atoms with Crippen LogP contribution in [0.25, 0.3) is 11.0 Å². The van der Waals surface area contributed by atoms with Crippen molar-refractivity contribution in [2.75, 3.05) is 18.6 Å². The number of nitrogens with two attached hydrogens (primary N) is 1. The molecule has 1 saturated heterocycles. The minimum absolute atomic E-state index is 0.178. The predicted octanol–water partition coefficient (Wildman–Crippen LogP) is 3.20. The summed E-state index contributed by atoms with van der Waals surface area (Å²) >= 11 is 0. The molecule has 0 bridgehead atoms. The molecule has 1 fully saturated rings. The number of piperidine rings is 1. The number of amides is 2. The molecule has 0 radical (unpaired) electrons. The summed E-state index contributed by atoms with van der Waals surface area (Å²) in [6, 6.07) is 4.46. The number of nitrogens with one attached hydrogen (secondary N) is 1. The van der Waals surface area contributed by atoms with E-state index in [1.807, 2.05) is 24.0 Å². The first kappa shape index (κ1) is 19.9. The number of benzene rings is 1. The molecule has 1 aromatic carbocycles. The number of primary amides is 1. The van der Waals surface area contributed by atoms with Gasteiger partial charge in [0.25, 0.3) is 0 Å². The molecule has 1 aliphatic rings. The van der Waals surface area contributed by atoms with E-state index in [1.165, 1.54) is 7.11 Å². The Morgan fingerprint density at radius 1 is 1.27 bits per heavy atom. The van der Waals surface area contributed by atoms with Crippen LogP contribution >= 0.6 is 0 Å². The van der Waals surface area contributed by atoms with Crippen molar-refractivity contribution in [3.63, 3.8) is 0 Å². The van der Waals surface area contributed by atoms with E-state index in [-0.39, 0.29) is 23.0 Å². The van der Waals surface area contributed by atoms with E-state index in [0.29, 0.717) is 31.0 Å². The molecule has 10 heteroatoms. The number of hydrogen-bond donors (Lipinski definition) is 2. The van der Waals surface area contributed by atoms with Gasteiger partial charge in [-0.3, -0.25) is 0 Å². The fourth-order valence-electron chi connectivity index (χ4n) is 3.81. The van der Waals surface area contributed by atoms with Crippen molar-refractivity contribution in [1.82, 2.24) is 15.3 Å².